The third-order valence-corrected chi connectivity index (χ3v) is 3.63. The first-order valence-electron chi connectivity index (χ1n) is 9.78. The minimum Gasteiger partial charge on any atom is -0.463 e. The summed E-state index contributed by atoms with van der Waals surface area (Å²) in [5.74, 6) is 10.7. The van der Waals surface area contributed by atoms with Crippen molar-refractivity contribution in [3.05, 3.63) is 0 Å². The third kappa shape index (κ3) is 19.0. The maximum absolute atomic E-state index is 10.2. The summed E-state index contributed by atoms with van der Waals surface area (Å²) in [6.45, 7) is 14.9. The van der Waals surface area contributed by atoms with Crippen LogP contribution in [-0.4, -0.2) is 41.8 Å². The Kier molecular flexibility index (Phi) is 18.3. The van der Waals surface area contributed by atoms with Gasteiger partial charge in [-0.15, -0.1) is 0 Å². The quantitative estimate of drug-likeness (QED) is 0.567. The van der Waals surface area contributed by atoms with Gasteiger partial charge in [-0.2, -0.15) is 0 Å². The number of esters is 1. The van der Waals surface area contributed by atoms with Crippen LogP contribution in [0, 0.1) is 23.7 Å². The van der Waals surface area contributed by atoms with Gasteiger partial charge >= 0.3 is 5.97 Å². The summed E-state index contributed by atoms with van der Waals surface area (Å²) in [5.41, 5.74) is 0. The van der Waals surface area contributed by atoms with Crippen LogP contribution in [0.25, 0.3) is 0 Å². The van der Waals surface area contributed by atoms with Gasteiger partial charge in [0.1, 0.15) is 0 Å². The molecule has 0 aromatic heterocycles. The molecule has 1 aliphatic heterocycles. The monoisotopic (exact) mass is 386 g/mol. The molecule has 0 bridgehead atoms. The largest absolute Gasteiger partial charge is 0.463 e. The van der Waals surface area contributed by atoms with Gasteiger partial charge in [0.2, 0.25) is 6.29 Å². The first-order valence-corrected chi connectivity index (χ1v) is 9.78. The zero-order chi connectivity index (χ0) is 21.2. The van der Waals surface area contributed by atoms with Gasteiger partial charge < -0.3 is 19.3 Å². The predicted molar refractivity (Wildman–Crippen MR) is 113 cm³/mol. The summed E-state index contributed by atoms with van der Waals surface area (Å²) in [5, 5.41) is 8.36. The van der Waals surface area contributed by atoms with Gasteiger partial charge in [-0.3, -0.25) is 4.79 Å². The van der Waals surface area contributed by atoms with Gasteiger partial charge in [0.25, 0.3) is 0 Å². The molecule has 5 nitrogen and oxygen atoms in total. The van der Waals surface area contributed by atoms with E-state index in [1.54, 1.807) is 13.8 Å². The second-order valence-corrected chi connectivity index (χ2v) is 6.41. The molecule has 1 heterocycles. The molecule has 1 aliphatic rings. The molecular weight excluding hydrogens is 344 g/mol. The molecule has 5 unspecified atom stereocenters. The molecule has 0 amide bonds. The van der Waals surface area contributed by atoms with E-state index in [0.29, 0.717) is 0 Å². The third-order valence-electron chi connectivity index (χ3n) is 3.63. The highest BCUT2D eigenvalue weighted by Crippen LogP contribution is 2.19. The Morgan fingerprint density at radius 3 is 2.19 bits per heavy atom. The molecule has 0 radical (unpaired) electrons. The van der Waals surface area contributed by atoms with Crippen LogP contribution in [0.1, 0.15) is 83.9 Å². The fourth-order valence-corrected chi connectivity index (χ4v) is 1.75. The Labute approximate surface area is 169 Å². The van der Waals surface area contributed by atoms with E-state index in [1.807, 2.05) is 27.7 Å². The van der Waals surface area contributed by atoms with Gasteiger partial charge in [0, 0.05) is 9.78 Å². The zero-order valence-corrected chi connectivity index (χ0v) is 18.3. The standard InChI is InChI=1S/C12H16O2.C6H12O2.C4H10O.2H2/c1-4-6-7-8-12-13-10(3)9-11(5-2)14-12;1-4-5(2)8-6(3)7;1-3-4(2)5;;/h10-12H,5,9H2,1-3H3;5H,4H2,1-3H3;4-5H,3H2,1-2H3;2*1H. The first-order chi connectivity index (χ1) is 12.7. The fourth-order valence-electron chi connectivity index (χ4n) is 1.75. The number of hydrogen-bond acceptors (Lipinski definition) is 5. The molecule has 5 heteroatoms. The van der Waals surface area contributed by atoms with Crippen molar-refractivity contribution >= 4 is 5.97 Å². The van der Waals surface area contributed by atoms with Crippen molar-refractivity contribution in [1.82, 2.24) is 0 Å². The van der Waals surface area contributed by atoms with Crippen molar-refractivity contribution in [1.29, 1.82) is 0 Å². The zero-order valence-electron chi connectivity index (χ0n) is 18.3. The number of aliphatic hydroxyl groups excluding tert-OH is 1. The van der Waals surface area contributed by atoms with Gasteiger partial charge in [-0.1, -0.05) is 26.7 Å². The molecule has 160 valence electrons. The highest BCUT2D eigenvalue weighted by Gasteiger charge is 2.24. The lowest BCUT2D eigenvalue weighted by Crippen LogP contribution is -2.35. The molecule has 1 N–H and O–H groups in total. The van der Waals surface area contributed by atoms with E-state index in [9.17, 15) is 4.79 Å². The molecule has 0 spiro atoms. The van der Waals surface area contributed by atoms with Crippen LogP contribution in [0.2, 0.25) is 0 Å². The summed E-state index contributed by atoms with van der Waals surface area (Å²) in [6.07, 6.45) is 3.77. The van der Waals surface area contributed by atoms with Crippen molar-refractivity contribution in [2.75, 3.05) is 0 Å². The van der Waals surface area contributed by atoms with E-state index in [1.165, 1.54) is 6.92 Å². The SMILES string of the molecule is CC#CC#CC1OC(C)CC(CC)O1.CCC(C)O.CCC(C)OC(C)=O.[HH].[HH]. The van der Waals surface area contributed by atoms with Crippen molar-refractivity contribution in [2.45, 2.75) is 112 Å². The lowest BCUT2D eigenvalue weighted by molar-refractivity contribution is -0.210. The van der Waals surface area contributed by atoms with Crippen LogP contribution in [0.15, 0.2) is 0 Å². The van der Waals surface area contributed by atoms with Crippen molar-refractivity contribution in [2.24, 2.45) is 0 Å². The summed E-state index contributed by atoms with van der Waals surface area (Å²) in [7, 11) is 0. The predicted octanol–water partition coefficient (Wildman–Crippen LogP) is 4.56. The van der Waals surface area contributed by atoms with Crippen LogP contribution in [0.4, 0.5) is 0 Å². The summed E-state index contributed by atoms with van der Waals surface area (Å²) in [6, 6.07) is 0. The minimum absolute atomic E-state index is 0. The van der Waals surface area contributed by atoms with Crippen molar-refractivity contribution in [3.63, 3.8) is 0 Å². The average Bonchev–Trinajstić information content (AvgIpc) is 2.61. The van der Waals surface area contributed by atoms with Crippen LogP contribution in [0.3, 0.4) is 0 Å². The van der Waals surface area contributed by atoms with Gasteiger partial charge in [-0.05, 0) is 71.1 Å². The molecule has 1 rings (SSSR count). The highest BCUT2D eigenvalue weighted by molar-refractivity contribution is 5.66. The number of ether oxygens (including phenoxy) is 3. The molecule has 27 heavy (non-hydrogen) atoms. The Morgan fingerprint density at radius 1 is 1.22 bits per heavy atom. The molecule has 0 aromatic carbocycles. The van der Waals surface area contributed by atoms with Gasteiger partial charge in [0.15, 0.2) is 0 Å². The molecular formula is C22H42O5. The average molecular weight is 387 g/mol. The van der Waals surface area contributed by atoms with E-state index in [0.717, 1.165) is 25.7 Å². The normalized spacial score (nSPS) is 22.6. The number of hydrogen-bond donors (Lipinski definition) is 1. The smallest absolute Gasteiger partial charge is 0.302 e. The second kappa shape index (κ2) is 17.9. The van der Waals surface area contributed by atoms with E-state index >= 15 is 0 Å². The summed E-state index contributed by atoms with van der Waals surface area (Å²) < 4.78 is 15.9. The number of carbonyl (C=O) groups excluding carboxylic acids is 1. The maximum Gasteiger partial charge on any atom is 0.302 e. The van der Waals surface area contributed by atoms with Crippen molar-refractivity contribution < 1.29 is 27.0 Å². The Morgan fingerprint density at radius 2 is 1.81 bits per heavy atom. The maximum atomic E-state index is 10.2. The molecule has 1 saturated heterocycles. The van der Waals surface area contributed by atoms with Gasteiger partial charge in [-0.25, -0.2) is 0 Å². The van der Waals surface area contributed by atoms with Crippen LogP contribution in [-0.2, 0) is 19.0 Å². The van der Waals surface area contributed by atoms with Crippen LogP contribution < -0.4 is 0 Å². The van der Waals surface area contributed by atoms with Crippen LogP contribution in [0.5, 0.6) is 0 Å². The highest BCUT2D eigenvalue weighted by atomic mass is 16.7. The fraction of sp³-hybridized carbons (Fsp3) is 0.773. The topological polar surface area (TPSA) is 65.0 Å². The summed E-state index contributed by atoms with van der Waals surface area (Å²) in [4.78, 5) is 10.2. The summed E-state index contributed by atoms with van der Waals surface area (Å²) >= 11 is 0. The lowest BCUT2D eigenvalue weighted by Gasteiger charge is -2.31. The van der Waals surface area contributed by atoms with E-state index < -0.39 is 6.29 Å². The molecule has 5 atom stereocenters. The van der Waals surface area contributed by atoms with Crippen LogP contribution >= 0.6 is 0 Å². The van der Waals surface area contributed by atoms with E-state index in [-0.39, 0.29) is 33.2 Å². The Balaban J connectivity index is -0.000000179. The van der Waals surface area contributed by atoms with E-state index in [2.05, 4.69) is 30.6 Å². The number of aliphatic hydroxyl groups is 1. The minimum atomic E-state index is -0.399. The molecule has 0 aliphatic carbocycles. The second-order valence-electron chi connectivity index (χ2n) is 6.41. The van der Waals surface area contributed by atoms with Crippen molar-refractivity contribution in [3.8, 4) is 23.7 Å². The Bertz CT molecular complexity index is 503. The molecule has 1 fully saturated rings. The first kappa shape index (κ1) is 27.7. The van der Waals surface area contributed by atoms with Gasteiger partial charge in [0.05, 0.1) is 24.4 Å². The molecule has 0 aromatic rings. The molecule has 0 saturated carbocycles. The number of rotatable bonds is 4. The lowest BCUT2D eigenvalue weighted by atomic mass is 10.1. The number of carbonyl (C=O) groups is 1. The van der Waals surface area contributed by atoms with E-state index in [4.69, 9.17) is 19.3 Å². The Hall–Kier alpha value is -1.53.